The topological polar surface area (TPSA) is 57.4 Å². The van der Waals surface area contributed by atoms with Gasteiger partial charge in [0, 0.05) is 5.56 Å². The average Bonchev–Trinajstić information content (AvgIpc) is 2.87. The van der Waals surface area contributed by atoms with E-state index in [1.165, 1.54) is 14.2 Å². The number of methoxy groups -OCH3 is 2. The molecule has 1 unspecified atom stereocenters. The van der Waals surface area contributed by atoms with Crippen LogP contribution >= 0.6 is 23.2 Å². The van der Waals surface area contributed by atoms with Gasteiger partial charge in [0.05, 0.1) is 19.2 Å². The normalized spacial score (nSPS) is 12.3. The van der Waals surface area contributed by atoms with Gasteiger partial charge in [0.15, 0.2) is 11.5 Å². The number of rotatable bonds is 4. The van der Waals surface area contributed by atoms with Gasteiger partial charge in [0.25, 0.3) is 0 Å². The molecule has 7 heteroatoms. The maximum atomic E-state index is 6.12. The van der Waals surface area contributed by atoms with E-state index in [-0.39, 0.29) is 5.38 Å². The Morgan fingerprint density at radius 1 is 1.26 bits per heavy atom. The molecule has 2 aromatic rings. The van der Waals surface area contributed by atoms with Crippen molar-refractivity contribution in [2.24, 2.45) is 0 Å². The maximum absolute atomic E-state index is 6.12. The van der Waals surface area contributed by atoms with E-state index in [2.05, 4.69) is 10.1 Å². The molecule has 0 aliphatic heterocycles. The van der Waals surface area contributed by atoms with Crippen molar-refractivity contribution in [3.05, 3.63) is 23.0 Å². The molecular formula is C12H12Cl2N2O3. The average molecular weight is 303 g/mol. The molecule has 0 bridgehead atoms. The lowest BCUT2D eigenvalue weighted by molar-refractivity contribution is 0.355. The van der Waals surface area contributed by atoms with E-state index >= 15 is 0 Å². The van der Waals surface area contributed by atoms with Gasteiger partial charge >= 0.3 is 0 Å². The van der Waals surface area contributed by atoms with E-state index in [0.29, 0.717) is 33.8 Å². The summed E-state index contributed by atoms with van der Waals surface area (Å²) in [5.74, 6) is 1.70. The highest BCUT2D eigenvalue weighted by Gasteiger charge is 2.17. The molecule has 5 nitrogen and oxygen atoms in total. The Bertz CT molecular complexity index is 584. The van der Waals surface area contributed by atoms with E-state index < -0.39 is 0 Å². The van der Waals surface area contributed by atoms with Crippen molar-refractivity contribution >= 4 is 23.2 Å². The van der Waals surface area contributed by atoms with Gasteiger partial charge in [-0.2, -0.15) is 4.98 Å². The van der Waals surface area contributed by atoms with Crippen molar-refractivity contribution in [3.63, 3.8) is 0 Å². The summed E-state index contributed by atoms with van der Waals surface area (Å²) >= 11 is 12.0. The van der Waals surface area contributed by atoms with Crippen molar-refractivity contribution in [3.8, 4) is 22.9 Å². The first kappa shape index (κ1) is 14.0. The molecule has 19 heavy (non-hydrogen) atoms. The summed E-state index contributed by atoms with van der Waals surface area (Å²) < 4.78 is 15.4. The van der Waals surface area contributed by atoms with E-state index in [9.17, 15) is 0 Å². The van der Waals surface area contributed by atoms with E-state index in [0.717, 1.165) is 0 Å². The maximum Gasteiger partial charge on any atom is 0.244 e. The molecule has 0 saturated heterocycles. The van der Waals surface area contributed by atoms with Crippen molar-refractivity contribution < 1.29 is 14.0 Å². The first-order valence-electron chi connectivity index (χ1n) is 5.46. The zero-order valence-electron chi connectivity index (χ0n) is 10.6. The lowest BCUT2D eigenvalue weighted by atomic mass is 10.2. The second-order valence-electron chi connectivity index (χ2n) is 3.77. The fraction of sp³-hybridized carbons (Fsp3) is 0.333. The summed E-state index contributed by atoms with van der Waals surface area (Å²) in [5.41, 5.74) is 0.662. The van der Waals surface area contributed by atoms with Crippen molar-refractivity contribution in [2.45, 2.75) is 12.3 Å². The Balaban J connectivity index is 2.47. The summed E-state index contributed by atoms with van der Waals surface area (Å²) in [6.45, 7) is 1.75. The summed E-state index contributed by atoms with van der Waals surface area (Å²) in [7, 11) is 3.05. The van der Waals surface area contributed by atoms with E-state index in [1.54, 1.807) is 19.1 Å². The number of hydrogen-bond acceptors (Lipinski definition) is 5. The van der Waals surface area contributed by atoms with Crippen LogP contribution in [-0.4, -0.2) is 24.4 Å². The van der Waals surface area contributed by atoms with Gasteiger partial charge in [0.1, 0.15) is 5.38 Å². The SMILES string of the molecule is COc1cc(-c2noc(C(C)Cl)n2)cc(Cl)c1OC. The Morgan fingerprint density at radius 2 is 2.00 bits per heavy atom. The molecule has 1 aromatic heterocycles. The molecule has 102 valence electrons. The Hall–Kier alpha value is -1.46. The summed E-state index contributed by atoms with van der Waals surface area (Å²) in [5, 5.41) is 3.91. The first-order chi connectivity index (χ1) is 9.06. The molecular weight excluding hydrogens is 291 g/mol. The fourth-order valence-electron chi connectivity index (χ4n) is 1.56. The molecule has 2 rings (SSSR count). The molecule has 0 fully saturated rings. The largest absolute Gasteiger partial charge is 0.493 e. The zero-order valence-corrected chi connectivity index (χ0v) is 12.1. The number of alkyl halides is 1. The molecule has 0 amide bonds. The van der Waals surface area contributed by atoms with Crippen LogP contribution in [0, 0.1) is 0 Å². The number of nitrogens with zero attached hydrogens (tertiary/aromatic N) is 2. The molecule has 0 aliphatic carbocycles. The molecule has 1 heterocycles. The van der Waals surface area contributed by atoms with Crippen LogP contribution in [0.1, 0.15) is 18.2 Å². The number of ether oxygens (including phenoxy) is 2. The van der Waals surface area contributed by atoms with Crippen LogP contribution in [-0.2, 0) is 0 Å². The molecule has 1 aromatic carbocycles. The van der Waals surface area contributed by atoms with Gasteiger partial charge in [-0.15, -0.1) is 11.6 Å². The molecule has 0 saturated carbocycles. The minimum Gasteiger partial charge on any atom is -0.493 e. The Labute approximate surface area is 120 Å². The number of hydrogen-bond donors (Lipinski definition) is 0. The third kappa shape index (κ3) is 2.77. The molecule has 0 aliphatic rings. The second kappa shape index (κ2) is 5.67. The highest BCUT2D eigenvalue weighted by molar-refractivity contribution is 6.32. The van der Waals surface area contributed by atoms with Gasteiger partial charge < -0.3 is 14.0 Å². The number of benzene rings is 1. The van der Waals surface area contributed by atoms with Gasteiger partial charge in [-0.1, -0.05) is 16.8 Å². The minimum absolute atomic E-state index is 0.350. The molecule has 0 radical (unpaired) electrons. The van der Waals surface area contributed by atoms with Crippen LogP contribution < -0.4 is 9.47 Å². The van der Waals surface area contributed by atoms with Crippen LogP contribution in [0.3, 0.4) is 0 Å². The highest BCUT2D eigenvalue weighted by Crippen LogP contribution is 2.38. The monoisotopic (exact) mass is 302 g/mol. The fourth-order valence-corrected chi connectivity index (χ4v) is 1.94. The Kier molecular flexibility index (Phi) is 4.17. The second-order valence-corrected chi connectivity index (χ2v) is 4.83. The summed E-state index contributed by atoms with van der Waals surface area (Å²) in [4.78, 5) is 4.19. The molecule has 0 N–H and O–H groups in total. The van der Waals surface area contributed by atoms with Crippen molar-refractivity contribution in [2.75, 3.05) is 14.2 Å². The smallest absolute Gasteiger partial charge is 0.244 e. The van der Waals surface area contributed by atoms with Crippen LogP contribution in [0.5, 0.6) is 11.5 Å². The quantitative estimate of drug-likeness (QED) is 0.806. The third-order valence-electron chi connectivity index (χ3n) is 2.47. The van der Waals surface area contributed by atoms with Crippen LogP contribution in [0.2, 0.25) is 5.02 Å². The number of halogens is 2. The lowest BCUT2D eigenvalue weighted by Crippen LogP contribution is -1.93. The highest BCUT2D eigenvalue weighted by atomic mass is 35.5. The number of aromatic nitrogens is 2. The third-order valence-corrected chi connectivity index (χ3v) is 2.94. The Morgan fingerprint density at radius 3 is 2.53 bits per heavy atom. The van der Waals surface area contributed by atoms with Crippen molar-refractivity contribution in [1.82, 2.24) is 10.1 Å². The van der Waals surface area contributed by atoms with E-state index in [4.69, 9.17) is 37.2 Å². The summed E-state index contributed by atoms with van der Waals surface area (Å²) in [6.07, 6.45) is 0. The lowest BCUT2D eigenvalue weighted by Gasteiger charge is -2.10. The first-order valence-corrected chi connectivity index (χ1v) is 6.27. The predicted molar refractivity (Wildman–Crippen MR) is 72.1 cm³/mol. The van der Waals surface area contributed by atoms with Crippen molar-refractivity contribution in [1.29, 1.82) is 0 Å². The van der Waals surface area contributed by atoms with Gasteiger partial charge in [-0.3, -0.25) is 0 Å². The zero-order chi connectivity index (χ0) is 14.0. The van der Waals surface area contributed by atoms with Crippen LogP contribution in [0.4, 0.5) is 0 Å². The van der Waals surface area contributed by atoms with E-state index in [1.807, 2.05) is 0 Å². The predicted octanol–water partition coefficient (Wildman–Crippen LogP) is 3.71. The van der Waals surface area contributed by atoms with Gasteiger partial charge in [-0.05, 0) is 19.1 Å². The van der Waals surface area contributed by atoms with Gasteiger partial charge in [0.2, 0.25) is 11.7 Å². The molecule has 1 atom stereocenters. The van der Waals surface area contributed by atoms with Crippen LogP contribution in [0.15, 0.2) is 16.7 Å². The standard InChI is InChI=1S/C12H12Cl2N2O3/c1-6(13)12-15-11(16-19-12)7-4-8(14)10(18-3)9(5-7)17-2/h4-6H,1-3H3. The minimum atomic E-state index is -0.350. The van der Waals surface area contributed by atoms with Crippen LogP contribution in [0.25, 0.3) is 11.4 Å². The summed E-state index contributed by atoms with van der Waals surface area (Å²) in [6, 6.07) is 3.40. The molecule has 0 spiro atoms. The van der Waals surface area contributed by atoms with Gasteiger partial charge in [-0.25, -0.2) is 0 Å².